The van der Waals surface area contributed by atoms with Gasteiger partial charge in [-0.2, -0.15) is 0 Å². The molecule has 0 aromatic heterocycles. The zero-order valence-corrected chi connectivity index (χ0v) is 12.0. The van der Waals surface area contributed by atoms with Gasteiger partial charge in [-0.05, 0) is 42.9 Å². The summed E-state index contributed by atoms with van der Waals surface area (Å²) in [6.07, 6.45) is 6.16. The summed E-state index contributed by atoms with van der Waals surface area (Å²) in [5.74, 6) is 0.327. The molecule has 1 saturated heterocycles. The van der Waals surface area contributed by atoms with Gasteiger partial charge in [0.1, 0.15) is 0 Å². The van der Waals surface area contributed by atoms with Gasteiger partial charge in [0.05, 0.1) is 6.54 Å². The molecule has 1 amide bonds. The SMILES string of the molecule is CC1(C)CC2CC(C)(CN2C(=O)CNC2CC2)C1. The van der Waals surface area contributed by atoms with Crippen molar-refractivity contribution in [2.45, 2.75) is 65.0 Å². The highest BCUT2D eigenvalue weighted by atomic mass is 16.2. The third kappa shape index (κ3) is 2.42. The molecule has 3 aliphatic rings. The first kappa shape index (κ1) is 12.5. The minimum absolute atomic E-state index is 0.327. The van der Waals surface area contributed by atoms with Gasteiger partial charge in [-0.15, -0.1) is 0 Å². The van der Waals surface area contributed by atoms with E-state index in [2.05, 4.69) is 31.0 Å². The summed E-state index contributed by atoms with van der Waals surface area (Å²) in [4.78, 5) is 14.5. The van der Waals surface area contributed by atoms with E-state index in [9.17, 15) is 4.79 Å². The maximum atomic E-state index is 12.3. The van der Waals surface area contributed by atoms with Gasteiger partial charge < -0.3 is 10.2 Å². The van der Waals surface area contributed by atoms with Gasteiger partial charge in [-0.1, -0.05) is 20.8 Å². The maximum Gasteiger partial charge on any atom is 0.236 e. The molecule has 2 unspecified atom stereocenters. The molecule has 18 heavy (non-hydrogen) atoms. The van der Waals surface area contributed by atoms with Crippen molar-refractivity contribution in [3.8, 4) is 0 Å². The second-order valence-electron chi connectivity index (χ2n) is 7.89. The Morgan fingerprint density at radius 2 is 2.00 bits per heavy atom. The molecule has 0 aromatic rings. The van der Waals surface area contributed by atoms with Crippen LogP contribution in [0.25, 0.3) is 0 Å². The number of fused-ring (bicyclic) bond motifs is 2. The van der Waals surface area contributed by atoms with Crippen LogP contribution in [0, 0.1) is 10.8 Å². The summed E-state index contributed by atoms with van der Waals surface area (Å²) >= 11 is 0. The number of amides is 1. The largest absolute Gasteiger partial charge is 0.338 e. The van der Waals surface area contributed by atoms with Crippen LogP contribution in [0.4, 0.5) is 0 Å². The molecular weight excluding hydrogens is 224 g/mol. The van der Waals surface area contributed by atoms with E-state index in [0.717, 1.165) is 6.54 Å². The van der Waals surface area contributed by atoms with E-state index >= 15 is 0 Å². The predicted octanol–water partition coefficient (Wildman–Crippen LogP) is 2.17. The van der Waals surface area contributed by atoms with E-state index in [-0.39, 0.29) is 0 Å². The molecule has 0 spiro atoms. The topological polar surface area (TPSA) is 32.3 Å². The molecule has 3 nitrogen and oxygen atoms in total. The molecule has 2 saturated carbocycles. The summed E-state index contributed by atoms with van der Waals surface area (Å²) in [5.41, 5.74) is 0.762. The molecule has 2 atom stereocenters. The quantitative estimate of drug-likeness (QED) is 0.832. The molecule has 3 rings (SSSR count). The third-order valence-electron chi connectivity index (χ3n) is 4.85. The summed E-state index contributed by atoms with van der Waals surface area (Å²) in [6, 6.07) is 1.12. The average Bonchev–Trinajstić information content (AvgIpc) is 2.99. The van der Waals surface area contributed by atoms with Crippen LogP contribution in [0.3, 0.4) is 0 Å². The van der Waals surface area contributed by atoms with Crippen molar-refractivity contribution in [3.05, 3.63) is 0 Å². The second kappa shape index (κ2) is 3.96. The second-order valence-corrected chi connectivity index (χ2v) is 7.89. The van der Waals surface area contributed by atoms with Crippen molar-refractivity contribution in [1.29, 1.82) is 0 Å². The molecule has 1 heterocycles. The summed E-state index contributed by atoms with van der Waals surface area (Å²) in [6.45, 7) is 8.61. The fourth-order valence-electron chi connectivity index (χ4n) is 4.37. The van der Waals surface area contributed by atoms with Gasteiger partial charge in [-0.25, -0.2) is 0 Å². The van der Waals surface area contributed by atoms with Gasteiger partial charge in [0.2, 0.25) is 5.91 Å². The van der Waals surface area contributed by atoms with Crippen molar-refractivity contribution in [2.75, 3.05) is 13.1 Å². The molecule has 1 N–H and O–H groups in total. The van der Waals surface area contributed by atoms with Crippen LogP contribution in [0.15, 0.2) is 0 Å². The van der Waals surface area contributed by atoms with E-state index in [1.54, 1.807) is 0 Å². The minimum atomic E-state index is 0.327. The van der Waals surface area contributed by atoms with Crippen LogP contribution in [-0.2, 0) is 4.79 Å². The number of hydrogen-bond acceptors (Lipinski definition) is 2. The van der Waals surface area contributed by atoms with E-state index in [1.807, 2.05) is 0 Å². The number of likely N-dealkylation sites (tertiary alicyclic amines) is 1. The first-order chi connectivity index (χ1) is 8.37. The number of nitrogens with zero attached hydrogens (tertiary/aromatic N) is 1. The predicted molar refractivity (Wildman–Crippen MR) is 72.3 cm³/mol. The summed E-state index contributed by atoms with van der Waals surface area (Å²) in [5, 5.41) is 3.36. The molecule has 102 valence electrons. The van der Waals surface area contributed by atoms with Crippen LogP contribution in [0.2, 0.25) is 0 Å². The number of carbonyl (C=O) groups excluding carboxylic acids is 1. The lowest BCUT2D eigenvalue weighted by Crippen LogP contribution is -2.42. The molecule has 2 bridgehead atoms. The van der Waals surface area contributed by atoms with Crippen LogP contribution >= 0.6 is 0 Å². The lowest BCUT2D eigenvalue weighted by molar-refractivity contribution is -0.131. The maximum absolute atomic E-state index is 12.3. The standard InChI is InChI=1S/C15H26N2O/c1-14(2)6-12-7-15(3,9-14)10-17(12)13(18)8-16-11-4-5-11/h11-12,16H,4-10H2,1-3H3. The molecule has 2 aliphatic carbocycles. The number of nitrogens with one attached hydrogen (secondary N) is 1. The smallest absolute Gasteiger partial charge is 0.236 e. The first-order valence-corrected chi connectivity index (χ1v) is 7.40. The molecule has 3 heteroatoms. The van der Waals surface area contributed by atoms with E-state index in [1.165, 1.54) is 32.1 Å². The van der Waals surface area contributed by atoms with Crippen molar-refractivity contribution < 1.29 is 4.79 Å². The highest BCUT2D eigenvalue weighted by Gasteiger charge is 2.50. The highest BCUT2D eigenvalue weighted by molar-refractivity contribution is 5.79. The molecule has 0 radical (unpaired) electrons. The number of hydrogen-bond donors (Lipinski definition) is 1. The summed E-state index contributed by atoms with van der Waals surface area (Å²) in [7, 11) is 0. The molecule has 0 aromatic carbocycles. The van der Waals surface area contributed by atoms with Crippen molar-refractivity contribution in [3.63, 3.8) is 0 Å². The average molecular weight is 250 g/mol. The van der Waals surface area contributed by atoms with Crippen LogP contribution in [-0.4, -0.2) is 36.0 Å². The monoisotopic (exact) mass is 250 g/mol. The Kier molecular flexibility index (Phi) is 2.74. The van der Waals surface area contributed by atoms with E-state index in [0.29, 0.717) is 35.4 Å². The molecule has 1 aliphatic heterocycles. The van der Waals surface area contributed by atoms with Crippen LogP contribution in [0.5, 0.6) is 0 Å². The Morgan fingerprint density at radius 1 is 1.28 bits per heavy atom. The zero-order valence-electron chi connectivity index (χ0n) is 12.0. The van der Waals surface area contributed by atoms with Gasteiger partial charge in [0.15, 0.2) is 0 Å². The van der Waals surface area contributed by atoms with E-state index in [4.69, 9.17) is 0 Å². The molecular formula is C15H26N2O. The molecule has 3 fully saturated rings. The first-order valence-electron chi connectivity index (χ1n) is 7.40. The minimum Gasteiger partial charge on any atom is -0.338 e. The van der Waals surface area contributed by atoms with Gasteiger partial charge in [0.25, 0.3) is 0 Å². The summed E-state index contributed by atoms with van der Waals surface area (Å²) < 4.78 is 0. The van der Waals surface area contributed by atoms with E-state index < -0.39 is 0 Å². The third-order valence-corrected chi connectivity index (χ3v) is 4.85. The van der Waals surface area contributed by atoms with Crippen molar-refractivity contribution in [1.82, 2.24) is 10.2 Å². The van der Waals surface area contributed by atoms with Gasteiger partial charge in [-0.3, -0.25) is 4.79 Å². The van der Waals surface area contributed by atoms with Crippen molar-refractivity contribution in [2.24, 2.45) is 10.8 Å². The van der Waals surface area contributed by atoms with Gasteiger partial charge in [0, 0.05) is 18.6 Å². The number of carbonyl (C=O) groups is 1. The van der Waals surface area contributed by atoms with Crippen LogP contribution in [0.1, 0.15) is 52.9 Å². The Morgan fingerprint density at radius 3 is 2.67 bits per heavy atom. The van der Waals surface area contributed by atoms with Crippen molar-refractivity contribution >= 4 is 5.91 Å². The van der Waals surface area contributed by atoms with Gasteiger partial charge >= 0.3 is 0 Å². The Bertz CT molecular complexity index is 362. The number of rotatable bonds is 3. The van der Waals surface area contributed by atoms with Crippen LogP contribution < -0.4 is 5.32 Å². The fourth-order valence-corrected chi connectivity index (χ4v) is 4.37. The zero-order chi connectivity index (χ0) is 13.0. The lowest BCUT2D eigenvalue weighted by Gasteiger charge is -2.39. The Labute approximate surface area is 110 Å². The highest BCUT2D eigenvalue weighted by Crippen LogP contribution is 2.52. The Balaban J connectivity index is 1.65. The fraction of sp³-hybridized carbons (Fsp3) is 0.933. The normalized spacial score (nSPS) is 37.9. The lowest BCUT2D eigenvalue weighted by atomic mass is 9.65. The Hall–Kier alpha value is -0.570.